The molecule has 2 aromatic carbocycles. The van der Waals surface area contributed by atoms with Gasteiger partial charge in [0.25, 0.3) is 5.56 Å². The van der Waals surface area contributed by atoms with Crippen molar-refractivity contribution in [1.29, 1.82) is 0 Å². The highest BCUT2D eigenvalue weighted by Gasteiger charge is 2.28. The van der Waals surface area contributed by atoms with E-state index in [-0.39, 0.29) is 5.56 Å². The number of halogens is 2. The maximum atomic E-state index is 13.2. The van der Waals surface area contributed by atoms with Crippen LogP contribution >= 0.6 is 34.5 Å². The van der Waals surface area contributed by atoms with Crippen molar-refractivity contribution in [3.8, 4) is 17.3 Å². The molecule has 28 heavy (non-hydrogen) atoms. The van der Waals surface area contributed by atoms with E-state index in [9.17, 15) is 14.7 Å². The molecule has 2 aromatic heterocycles. The summed E-state index contributed by atoms with van der Waals surface area (Å²) in [6, 6.07) is 16.4. The highest BCUT2D eigenvalue weighted by Crippen LogP contribution is 2.27. The zero-order valence-corrected chi connectivity index (χ0v) is 16.5. The molecule has 140 valence electrons. The number of aromatic nitrogens is 2. The Hall–Kier alpha value is -2.80. The second kappa shape index (κ2) is 7.31. The Morgan fingerprint density at radius 1 is 0.857 bits per heavy atom. The Morgan fingerprint density at radius 2 is 1.39 bits per heavy atom. The summed E-state index contributed by atoms with van der Waals surface area (Å²) in [4.78, 5) is 26.4. The topological polar surface area (TPSA) is 64.2 Å². The molecular formula is C20H12Cl2N2O3S. The zero-order chi connectivity index (χ0) is 19.8. The molecule has 0 atom stereocenters. The van der Waals surface area contributed by atoms with Crippen LogP contribution in [0.2, 0.25) is 10.0 Å². The van der Waals surface area contributed by atoms with Crippen LogP contribution in [0.1, 0.15) is 15.2 Å². The van der Waals surface area contributed by atoms with E-state index in [1.807, 2.05) is 0 Å². The maximum absolute atomic E-state index is 13.2. The van der Waals surface area contributed by atoms with Gasteiger partial charge in [-0.25, -0.2) is 9.36 Å². The van der Waals surface area contributed by atoms with Gasteiger partial charge in [-0.2, -0.15) is 0 Å². The van der Waals surface area contributed by atoms with Gasteiger partial charge in [-0.3, -0.25) is 9.59 Å². The van der Waals surface area contributed by atoms with Gasteiger partial charge >= 0.3 is 0 Å². The lowest BCUT2D eigenvalue weighted by Crippen LogP contribution is -2.23. The lowest BCUT2D eigenvalue weighted by molar-refractivity contribution is 0.103. The normalized spacial score (nSPS) is 10.9. The molecule has 4 aromatic rings. The Kier molecular flexibility index (Phi) is 4.85. The fourth-order valence-corrected chi connectivity index (χ4v) is 3.78. The molecule has 0 spiro atoms. The summed E-state index contributed by atoms with van der Waals surface area (Å²) in [7, 11) is 0. The van der Waals surface area contributed by atoms with Crippen molar-refractivity contribution in [2.24, 2.45) is 0 Å². The summed E-state index contributed by atoms with van der Waals surface area (Å²) in [6.45, 7) is 0. The molecule has 1 N–H and O–H groups in total. The first-order valence-electron chi connectivity index (χ1n) is 8.14. The zero-order valence-electron chi connectivity index (χ0n) is 14.2. The first-order valence-corrected chi connectivity index (χ1v) is 9.78. The fraction of sp³-hybridized carbons (Fsp3) is 0. The summed E-state index contributed by atoms with van der Waals surface area (Å²) < 4.78 is 2.51. The van der Waals surface area contributed by atoms with Crippen molar-refractivity contribution in [1.82, 2.24) is 9.36 Å². The number of hydrogen-bond acceptors (Lipinski definition) is 4. The number of aromatic hydroxyl groups is 1. The van der Waals surface area contributed by atoms with E-state index in [0.717, 1.165) is 0 Å². The molecule has 2 heterocycles. The molecule has 0 fully saturated rings. The number of benzene rings is 2. The highest BCUT2D eigenvalue weighted by atomic mass is 35.5. The van der Waals surface area contributed by atoms with Crippen LogP contribution in [0.5, 0.6) is 5.88 Å². The van der Waals surface area contributed by atoms with Crippen LogP contribution in [0.25, 0.3) is 11.4 Å². The first kappa shape index (κ1) is 18.6. The van der Waals surface area contributed by atoms with Crippen molar-refractivity contribution in [2.75, 3.05) is 0 Å². The van der Waals surface area contributed by atoms with Crippen molar-refractivity contribution >= 4 is 40.3 Å². The summed E-state index contributed by atoms with van der Waals surface area (Å²) >= 11 is 13.1. The van der Waals surface area contributed by atoms with Gasteiger partial charge in [0, 0.05) is 10.0 Å². The third kappa shape index (κ3) is 3.16. The monoisotopic (exact) mass is 430 g/mol. The number of carbonyl (C=O) groups is 1. The van der Waals surface area contributed by atoms with Gasteiger partial charge in [0.2, 0.25) is 11.7 Å². The van der Waals surface area contributed by atoms with Gasteiger partial charge in [-0.05, 0) is 60.0 Å². The summed E-state index contributed by atoms with van der Waals surface area (Å²) in [5.41, 5.74) is -0.00965. The van der Waals surface area contributed by atoms with Gasteiger partial charge in [-0.1, -0.05) is 29.3 Å². The Bertz CT molecular complexity index is 1210. The molecule has 0 unspecified atom stereocenters. The largest absolute Gasteiger partial charge is 0.493 e. The molecule has 0 saturated heterocycles. The van der Waals surface area contributed by atoms with Crippen molar-refractivity contribution in [2.45, 2.75) is 0 Å². The third-order valence-corrected chi connectivity index (χ3v) is 5.52. The first-order chi connectivity index (χ1) is 13.5. The number of hydrogen-bond donors (Lipinski definition) is 1. The van der Waals surface area contributed by atoms with Crippen LogP contribution < -0.4 is 5.56 Å². The standard InChI is InChI=1S/C20H12Cl2N2O3S/c21-12-3-7-14(8-4-12)23-19(26)17(18(25)16-2-1-11-28-16)20(27)24(23)15-9-5-13(22)6-10-15/h1-11,26H. The van der Waals surface area contributed by atoms with Crippen molar-refractivity contribution in [3.63, 3.8) is 0 Å². The van der Waals surface area contributed by atoms with Gasteiger partial charge in [0.15, 0.2) is 5.56 Å². The molecule has 8 heteroatoms. The molecule has 0 aliphatic carbocycles. The Labute approximate surface area is 173 Å². The van der Waals surface area contributed by atoms with Crippen LogP contribution in [-0.4, -0.2) is 20.3 Å². The summed E-state index contributed by atoms with van der Waals surface area (Å²) in [5, 5.41) is 13.6. The van der Waals surface area contributed by atoms with Gasteiger partial charge in [0.1, 0.15) is 0 Å². The van der Waals surface area contributed by atoms with E-state index >= 15 is 0 Å². The lowest BCUT2D eigenvalue weighted by Gasteiger charge is -2.12. The van der Waals surface area contributed by atoms with E-state index in [1.165, 1.54) is 20.7 Å². The molecule has 0 bridgehead atoms. The number of nitrogens with zero attached hydrogens (tertiary/aromatic N) is 2. The van der Waals surface area contributed by atoms with Crippen LogP contribution in [0.4, 0.5) is 0 Å². The predicted octanol–water partition coefficient (Wildman–Crippen LogP) is 4.93. The van der Waals surface area contributed by atoms with Gasteiger partial charge in [0.05, 0.1) is 16.3 Å². The third-order valence-electron chi connectivity index (χ3n) is 4.14. The average Bonchev–Trinajstić information content (AvgIpc) is 3.30. The Morgan fingerprint density at radius 3 is 1.89 bits per heavy atom. The maximum Gasteiger partial charge on any atom is 0.287 e. The molecule has 0 saturated carbocycles. The van der Waals surface area contributed by atoms with Gasteiger partial charge < -0.3 is 5.11 Å². The van der Waals surface area contributed by atoms with Crippen LogP contribution in [-0.2, 0) is 0 Å². The number of thiophene rings is 1. The van der Waals surface area contributed by atoms with Crippen LogP contribution in [0, 0.1) is 0 Å². The smallest absolute Gasteiger partial charge is 0.287 e. The molecule has 0 radical (unpaired) electrons. The molecule has 5 nitrogen and oxygen atoms in total. The van der Waals surface area contributed by atoms with E-state index < -0.39 is 17.2 Å². The van der Waals surface area contributed by atoms with Crippen molar-refractivity contribution < 1.29 is 9.90 Å². The molecule has 0 amide bonds. The second-order valence-corrected chi connectivity index (χ2v) is 7.71. The van der Waals surface area contributed by atoms with Crippen LogP contribution in [0.15, 0.2) is 70.8 Å². The van der Waals surface area contributed by atoms with E-state index in [4.69, 9.17) is 23.2 Å². The highest BCUT2D eigenvalue weighted by molar-refractivity contribution is 7.12. The minimum atomic E-state index is -0.631. The van der Waals surface area contributed by atoms with E-state index in [2.05, 4.69) is 0 Å². The van der Waals surface area contributed by atoms with Gasteiger partial charge in [-0.15, -0.1) is 11.3 Å². The quantitative estimate of drug-likeness (QED) is 0.466. The number of rotatable bonds is 4. The summed E-state index contributed by atoms with van der Waals surface area (Å²) in [5.74, 6) is -0.978. The SMILES string of the molecule is O=C(c1cccs1)c1c(O)n(-c2ccc(Cl)cc2)n(-c2ccc(Cl)cc2)c1=O. The predicted molar refractivity (Wildman–Crippen MR) is 111 cm³/mol. The summed E-state index contributed by atoms with van der Waals surface area (Å²) in [6.07, 6.45) is 0. The minimum absolute atomic E-state index is 0.299. The van der Waals surface area contributed by atoms with Crippen LogP contribution in [0.3, 0.4) is 0 Å². The lowest BCUT2D eigenvalue weighted by atomic mass is 10.2. The molecule has 4 rings (SSSR count). The number of carbonyl (C=O) groups excluding carboxylic acids is 1. The molecule has 0 aliphatic rings. The Balaban J connectivity index is 2.01. The van der Waals surface area contributed by atoms with Crippen molar-refractivity contribution in [3.05, 3.63) is 96.9 Å². The molecular weight excluding hydrogens is 419 g/mol. The second-order valence-electron chi connectivity index (χ2n) is 5.89. The molecule has 0 aliphatic heterocycles. The average molecular weight is 431 g/mol. The van der Waals surface area contributed by atoms with E-state index in [1.54, 1.807) is 66.0 Å². The fourth-order valence-electron chi connectivity index (χ4n) is 2.86. The number of ketones is 1. The van der Waals surface area contributed by atoms with E-state index in [0.29, 0.717) is 26.3 Å². The minimum Gasteiger partial charge on any atom is -0.493 e.